The van der Waals surface area contributed by atoms with Crippen molar-refractivity contribution in [3.8, 4) is 0 Å². The zero-order valence-corrected chi connectivity index (χ0v) is 15.5. The number of carbonyl (C=O) groups is 3. The first-order valence-corrected chi connectivity index (χ1v) is 9.01. The van der Waals surface area contributed by atoms with Gasteiger partial charge in [-0.3, -0.25) is 4.79 Å². The van der Waals surface area contributed by atoms with Gasteiger partial charge in [0.15, 0.2) is 0 Å². The summed E-state index contributed by atoms with van der Waals surface area (Å²) in [6.07, 6.45) is -1.05. The van der Waals surface area contributed by atoms with Gasteiger partial charge in [-0.1, -0.05) is 30.3 Å². The highest BCUT2D eigenvalue weighted by Crippen LogP contribution is 2.09. The van der Waals surface area contributed by atoms with Gasteiger partial charge in [-0.05, 0) is 12.0 Å². The Bertz CT molecular complexity index is 630. The van der Waals surface area contributed by atoms with Gasteiger partial charge >= 0.3 is 12.1 Å². The molecular weight excluding hydrogens is 352 g/mol. The number of carbonyl (C=O) groups excluding carboxylic acids is 2. The van der Waals surface area contributed by atoms with Crippen LogP contribution in [0, 0.1) is 0 Å². The molecule has 0 bridgehead atoms. The van der Waals surface area contributed by atoms with E-state index in [2.05, 4.69) is 0 Å². The Morgan fingerprint density at radius 1 is 1.22 bits per heavy atom. The first-order valence-electron chi connectivity index (χ1n) is 9.01. The lowest BCUT2D eigenvalue weighted by atomic mass is 10.1. The first kappa shape index (κ1) is 20.7. The number of ether oxygens (including phenoxy) is 2. The lowest BCUT2D eigenvalue weighted by Gasteiger charge is -2.27. The Labute approximate surface area is 158 Å². The minimum Gasteiger partial charge on any atom is -0.478 e. The highest BCUT2D eigenvalue weighted by atomic mass is 16.6. The van der Waals surface area contributed by atoms with Crippen LogP contribution in [0.4, 0.5) is 4.79 Å². The Kier molecular flexibility index (Phi) is 8.06. The summed E-state index contributed by atoms with van der Waals surface area (Å²) < 4.78 is 10.3. The molecule has 0 aromatic heterocycles. The highest BCUT2D eigenvalue weighted by molar-refractivity contribution is 5.78. The number of morpholine rings is 1. The Morgan fingerprint density at radius 3 is 2.52 bits per heavy atom. The molecular formula is C19H26N2O6. The SMILES string of the molecule is CN(CCCC(=O)N1CCOCC1)C(=O)OC(Cc1ccccc1)C(=O)O. The Morgan fingerprint density at radius 2 is 1.89 bits per heavy atom. The molecule has 1 aliphatic heterocycles. The van der Waals surface area contributed by atoms with Crippen LogP contribution in [0.1, 0.15) is 18.4 Å². The molecule has 8 heteroatoms. The fourth-order valence-electron chi connectivity index (χ4n) is 2.75. The molecule has 1 atom stereocenters. The van der Waals surface area contributed by atoms with Gasteiger partial charge in [-0.2, -0.15) is 0 Å². The first-order chi connectivity index (χ1) is 13.0. The van der Waals surface area contributed by atoms with Crippen molar-refractivity contribution in [3.05, 3.63) is 35.9 Å². The predicted octanol–water partition coefficient (Wildman–Crippen LogP) is 1.39. The maximum Gasteiger partial charge on any atom is 0.410 e. The maximum absolute atomic E-state index is 12.2. The van der Waals surface area contributed by atoms with Crippen molar-refractivity contribution < 1.29 is 29.0 Å². The van der Waals surface area contributed by atoms with Crippen LogP contribution in [0.3, 0.4) is 0 Å². The molecule has 1 fully saturated rings. The van der Waals surface area contributed by atoms with E-state index in [-0.39, 0.29) is 12.3 Å². The molecule has 8 nitrogen and oxygen atoms in total. The Hall–Kier alpha value is -2.61. The van der Waals surface area contributed by atoms with E-state index in [1.54, 1.807) is 29.2 Å². The van der Waals surface area contributed by atoms with E-state index in [4.69, 9.17) is 9.47 Å². The third kappa shape index (κ3) is 6.90. The molecule has 1 N–H and O–H groups in total. The van der Waals surface area contributed by atoms with E-state index in [0.29, 0.717) is 45.7 Å². The molecule has 2 amide bonds. The topological polar surface area (TPSA) is 96.4 Å². The van der Waals surface area contributed by atoms with E-state index in [0.717, 1.165) is 5.56 Å². The second-order valence-electron chi connectivity index (χ2n) is 6.42. The van der Waals surface area contributed by atoms with E-state index in [1.165, 1.54) is 11.9 Å². The average molecular weight is 378 g/mol. The normalized spacial score (nSPS) is 15.1. The molecule has 0 aliphatic carbocycles. The van der Waals surface area contributed by atoms with Crippen LogP contribution < -0.4 is 0 Å². The number of rotatable bonds is 8. The van der Waals surface area contributed by atoms with Gasteiger partial charge < -0.3 is 24.4 Å². The molecule has 0 saturated carbocycles. The van der Waals surface area contributed by atoms with E-state index in [9.17, 15) is 19.5 Å². The minimum atomic E-state index is -1.25. The van der Waals surface area contributed by atoms with Crippen LogP contribution in [0.2, 0.25) is 0 Å². The molecule has 27 heavy (non-hydrogen) atoms. The van der Waals surface area contributed by atoms with Crippen molar-refractivity contribution in [3.63, 3.8) is 0 Å². The quantitative estimate of drug-likeness (QED) is 0.734. The molecule has 1 saturated heterocycles. The molecule has 1 heterocycles. The third-order valence-corrected chi connectivity index (χ3v) is 4.34. The number of hydrogen-bond donors (Lipinski definition) is 1. The lowest BCUT2D eigenvalue weighted by molar-refractivity contribution is -0.147. The van der Waals surface area contributed by atoms with Crippen LogP contribution in [0.25, 0.3) is 0 Å². The minimum absolute atomic E-state index is 0.0348. The summed E-state index contributed by atoms with van der Waals surface area (Å²) in [4.78, 5) is 38.7. The second kappa shape index (κ2) is 10.5. The van der Waals surface area contributed by atoms with Crippen molar-refractivity contribution in [2.24, 2.45) is 0 Å². The van der Waals surface area contributed by atoms with Crippen molar-refractivity contribution in [1.29, 1.82) is 0 Å². The summed E-state index contributed by atoms with van der Waals surface area (Å²) in [6.45, 7) is 2.60. The molecule has 1 aromatic carbocycles. The van der Waals surface area contributed by atoms with E-state index >= 15 is 0 Å². The summed E-state index contributed by atoms with van der Waals surface area (Å²) in [5.41, 5.74) is 0.775. The summed E-state index contributed by atoms with van der Waals surface area (Å²) in [5, 5.41) is 9.30. The monoisotopic (exact) mass is 378 g/mol. The number of aliphatic carboxylic acids is 1. The number of carboxylic acids is 1. The molecule has 1 aromatic rings. The van der Waals surface area contributed by atoms with Crippen LogP contribution in [0.5, 0.6) is 0 Å². The molecule has 0 radical (unpaired) electrons. The number of carboxylic acid groups (broad SMARTS) is 1. The van der Waals surface area contributed by atoms with Crippen molar-refractivity contribution >= 4 is 18.0 Å². The molecule has 1 aliphatic rings. The number of benzene rings is 1. The summed E-state index contributed by atoms with van der Waals surface area (Å²) in [7, 11) is 1.53. The van der Waals surface area contributed by atoms with Gasteiger partial charge in [-0.15, -0.1) is 0 Å². The van der Waals surface area contributed by atoms with Gasteiger partial charge in [0.2, 0.25) is 12.0 Å². The zero-order chi connectivity index (χ0) is 19.6. The van der Waals surface area contributed by atoms with Crippen LogP contribution >= 0.6 is 0 Å². The van der Waals surface area contributed by atoms with Gasteiger partial charge in [-0.25, -0.2) is 9.59 Å². The smallest absolute Gasteiger partial charge is 0.410 e. The van der Waals surface area contributed by atoms with Crippen molar-refractivity contribution in [2.45, 2.75) is 25.4 Å². The highest BCUT2D eigenvalue weighted by Gasteiger charge is 2.25. The molecule has 1 unspecified atom stereocenters. The van der Waals surface area contributed by atoms with Gasteiger partial charge in [0, 0.05) is 39.5 Å². The molecule has 148 valence electrons. The fraction of sp³-hybridized carbons (Fsp3) is 0.526. The molecule has 2 rings (SSSR count). The lowest BCUT2D eigenvalue weighted by Crippen LogP contribution is -2.41. The summed E-state index contributed by atoms with van der Waals surface area (Å²) in [6, 6.07) is 8.99. The third-order valence-electron chi connectivity index (χ3n) is 4.34. The van der Waals surface area contributed by atoms with Crippen LogP contribution in [-0.4, -0.2) is 78.9 Å². The Balaban J connectivity index is 1.75. The maximum atomic E-state index is 12.2. The van der Waals surface area contributed by atoms with E-state index < -0.39 is 18.2 Å². The summed E-state index contributed by atoms with van der Waals surface area (Å²) in [5.74, 6) is -1.16. The number of nitrogens with zero attached hydrogens (tertiary/aromatic N) is 2. The van der Waals surface area contributed by atoms with Crippen molar-refractivity contribution in [1.82, 2.24) is 9.80 Å². The van der Waals surface area contributed by atoms with Gasteiger partial charge in [0.1, 0.15) is 0 Å². The van der Waals surface area contributed by atoms with E-state index in [1.807, 2.05) is 6.07 Å². The summed E-state index contributed by atoms with van der Waals surface area (Å²) >= 11 is 0. The number of hydrogen-bond acceptors (Lipinski definition) is 5. The average Bonchev–Trinajstić information content (AvgIpc) is 2.68. The fourth-order valence-corrected chi connectivity index (χ4v) is 2.75. The second-order valence-corrected chi connectivity index (χ2v) is 6.42. The molecule has 0 spiro atoms. The van der Waals surface area contributed by atoms with Gasteiger partial charge in [0.05, 0.1) is 13.2 Å². The zero-order valence-electron chi connectivity index (χ0n) is 15.5. The van der Waals surface area contributed by atoms with Crippen LogP contribution in [0.15, 0.2) is 30.3 Å². The van der Waals surface area contributed by atoms with Crippen molar-refractivity contribution in [2.75, 3.05) is 39.9 Å². The predicted molar refractivity (Wildman–Crippen MR) is 97.3 cm³/mol. The van der Waals surface area contributed by atoms with Crippen LogP contribution in [-0.2, 0) is 25.5 Å². The largest absolute Gasteiger partial charge is 0.478 e. The standard InChI is InChI=1S/C19H26N2O6/c1-20(9-5-8-17(22)21-10-12-26-13-11-21)19(25)27-16(18(23)24)14-15-6-3-2-4-7-15/h2-4,6-7,16H,5,8-14H2,1H3,(H,23,24). The van der Waals surface area contributed by atoms with Gasteiger partial charge in [0.25, 0.3) is 0 Å². The number of amides is 2.